The van der Waals surface area contributed by atoms with E-state index in [1.54, 1.807) is 11.8 Å². The number of aromatic nitrogens is 1. The number of H-pyrrole nitrogens is 1. The van der Waals surface area contributed by atoms with Crippen molar-refractivity contribution in [2.75, 3.05) is 19.7 Å². The van der Waals surface area contributed by atoms with E-state index in [0.29, 0.717) is 18.8 Å². The fraction of sp³-hybridized carbons (Fsp3) is 0.625. The predicted octanol–water partition coefficient (Wildman–Crippen LogP) is 1.78. The number of aromatic amines is 1. The number of carbonyl (C=O) groups is 1. The van der Waals surface area contributed by atoms with E-state index >= 15 is 0 Å². The molecule has 0 aliphatic carbocycles. The number of pyridine rings is 1. The first-order valence-electron chi connectivity index (χ1n) is 7.65. The fourth-order valence-corrected chi connectivity index (χ4v) is 3.54. The summed E-state index contributed by atoms with van der Waals surface area (Å²) in [7, 11) is 0. The number of likely N-dealkylation sites (tertiary alicyclic amines) is 1. The molecule has 5 nitrogen and oxygen atoms in total. The Kier molecular flexibility index (Phi) is 3.61. The highest BCUT2D eigenvalue weighted by molar-refractivity contribution is 5.95. The molecule has 1 aromatic rings. The number of rotatable bonds is 1. The Bertz CT molecular complexity index is 604. The van der Waals surface area contributed by atoms with Crippen LogP contribution < -0.4 is 5.43 Å². The van der Waals surface area contributed by atoms with Crippen molar-refractivity contribution >= 4 is 5.91 Å². The van der Waals surface area contributed by atoms with Gasteiger partial charge in [0.1, 0.15) is 5.56 Å². The van der Waals surface area contributed by atoms with Gasteiger partial charge in [-0.25, -0.2) is 0 Å². The third-order valence-electron chi connectivity index (χ3n) is 4.71. The quantitative estimate of drug-likeness (QED) is 0.857. The summed E-state index contributed by atoms with van der Waals surface area (Å²) in [5.41, 5.74) is 1.52. The molecule has 1 amide bonds. The molecular formula is C16H22N2O3. The minimum Gasteiger partial charge on any atom is -0.375 e. The number of hydrogen-bond acceptors (Lipinski definition) is 3. The van der Waals surface area contributed by atoms with Gasteiger partial charge in [-0.05, 0) is 39.5 Å². The summed E-state index contributed by atoms with van der Waals surface area (Å²) in [5.74, 6) is -0.151. The van der Waals surface area contributed by atoms with E-state index in [0.717, 1.165) is 38.0 Å². The highest BCUT2D eigenvalue weighted by Gasteiger charge is 2.39. The van der Waals surface area contributed by atoms with Gasteiger partial charge in [-0.2, -0.15) is 0 Å². The lowest BCUT2D eigenvalue weighted by Crippen LogP contribution is -2.47. The van der Waals surface area contributed by atoms with Gasteiger partial charge >= 0.3 is 0 Å². The Morgan fingerprint density at radius 3 is 2.57 bits per heavy atom. The molecule has 3 rings (SSSR count). The van der Waals surface area contributed by atoms with Crippen LogP contribution in [0.25, 0.3) is 0 Å². The lowest BCUT2D eigenvalue weighted by molar-refractivity contribution is -0.0387. The molecule has 5 heteroatoms. The van der Waals surface area contributed by atoms with E-state index < -0.39 is 0 Å². The van der Waals surface area contributed by atoms with E-state index in [1.165, 1.54) is 6.07 Å². The van der Waals surface area contributed by atoms with Gasteiger partial charge in [-0.15, -0.1) is 0 Å². The first kappa shape index (κ1) is 14.3. The number of nitrogens with one attached hydrogen (secondary N) is 1. The van der Waals surface area contributed by atoms with E-state index in [1.807, 2.05) is 6.92 Å². The van der Waals surface area contributed by atoms with E-state index in [-0.39, 0.29) is 22.5 Å². The number of amides is 1. The van der Waals surface area contributed by atoms with Crippen LogP contribution in [0, 0.1) is 13.8 Å². The molecule has 2 aliphatic rings. The first-order valence-corrected chi connectivity index (χ1v) is 7.65. The third-order valence-corrected chi connectivity index (χ3v) is 4.71. The fourth-order valence-electron chi connectivity index (χ4n) is 3.54. The molecule has 114 valence electrons. The summed E-state index contributed by atoms with van der Waals surface area (Å²) in [6.45, 7) is 5.79. The van der Waals surface area contributed by atoms with Crippen molar-refractivity contribution in [2.45, 2.75) is 45.1 Å². The van der Waals surface area contributed by atoms with Crippen molar-refractivity contribution in [3.63, 3.8) is 0 Å². The Morgan fingerprint density at radius 2 is 2.00 bits per heavy atom. The van der Waals surface area contributed by atoms with Gasteiger partial charge in [0.05, 0.1) is 5.60 Å². The van der Waals surface area contributed by atoms with Gasteiger partial charge in [0.15, 0.2) is 5.43 Å². The molecule has 0 unspecified atom stereocenters. The summed E-state index contributed by atoms with van der Waals surface area (Å²) >= 11 is 0. The maximum atomic E-state index is 12.6. The minimum absolute atomic E-state index is 0.00841. The number of hydrogen-bond donors (Lipinski definition) is 1. The van der Waals surface area contributed by atoms with Gasteiger partial charge in [-0.1, -0.05) is 0 Å². The van der Waals surface area contributed by atoms with Crippen molar-refractivity contribution in [3.8, 4) is 0 Å². The Morgan fingerprint density at radius 1 is 1.29 bits per heavy atom. The Labute approximate surface area is 124 Å². The molecule has 0 atom stereocenters. The second kappa shape index (κ2) is 5.30. The van der Waals surface area contributed by atoms with Gasteiger partial charge in [-0.3, -0.25) is 9.59 Å². The smallest absolute Gasteiger partial charge is 0.259 e. The molecule has 3 heterocycles. The van der Waals surface area contributed by atoms with Crippen molar-refractivity contribution in [1.29, 1.82) is 0 Å². The third kappa shape index (κ3) is 2.62. The molecule has 2 saturated heterocycles. The molecule has 2 fully saturated rings. The molecule has 1 N–H and O–H groups in total. The Hall–Kier alpha value is -1.62. The summed E-state index contributed by atoms with van der Waals surface area (Å²) in [6.07, 6.45) is 3.97. The number of carbonyl (C=O) groups excluding carboxylic acids is 1. The molecular weight excluding hydrogens is 268 g/mol. The van der Waals surface area contributed by atoms with Gasteiger partial charge in [0.2, 0.25) is 0 Å². The zero-order valence-electron chi connectivity index (χ0n) is 12.7. The van der Waals surface area contributed by atoms with Crippen molar-refractivity contribution in [1.82, 2.24) is 9.88 Å². The van der Waals surface area contributed by atoms with Crippen molar-refractivity contribution in [2.24, 2.45) is 0 Å². The van der Waals surface area contributed by atoms with E-state index in [2.05, 4.69) is 4.98 Å². The molecule has 0 radical (unpaired) electrons. The van der Waals surface area contributed by atoms with E-state index in [9.17, 15) is 9.59 Å². The van der Waals surface area contributed by atoms with Crippen LogP contribution in [0.5, 0.6) is 0 Å². The zero-order valence-corrected chi connectivity index (χ0v) is 12.7. The summed E-state index contributed by atoms with van der Waals surface area (Å²) in [4.78, 5) is 29.6. The second-order valence-corrected chi connectivity index (χ2v) is 6.24. The average Bonchev–Trinajstić information content (AvgIpc) is 2.86. The number of ether oxygens (including phenoxy) is 1. The maximum absolute atomic E-state index is 12.6. The molecule has 21 heavy (non-hydrogen) atoms. The molecule has 1 spiro atoms. The largest absolute Gasteiger partial charge is 0.375 e. The van der Waals surface area contributed by atoms with Crippen LogP contribution in [0.1, 0.15) is 47.4 Å². The van der Waals surface area contributed by atoms with Crippen LogP contribution in [0.15, 0.2) is 10.9 Å². The molecule has 0 bridgehead atoms. The first-order chi connectivity index (χ1) is 10.0. The Balaban J connectivity index is 1.77. The minimum atomic E-state index is -0.189. The lowest BCUT2D eigenvalue weighted by atomic mass is 9.88. The van der Waals surface area contributed by atoms with E-state index in [4.69, 9.17) is 4.74 Å². The second-order valence-electron chi connectivity index (χ2n) is 6.24. The topological polar surface area (TPSA) is 62.4 Å². The monoisotopic (exact) mass is 290 g/mol. The van der Waals surface area contributed by atoms with Gasteiger partial charge in [0.25, 0.3) is 5.91 Å². The molecule has 0 aromatic carbocycles. The lowest BCUT2D eigenvalue weighted by Gasteiger charge is -2.38. The highest BCUT2D eigenvalue weighted by Crippen LogP contribution is 2.35. The zero-order chi connectivity index (χ0) is 15.0. The van der Waals surface area contributed by atoms with Crippen LogP contribution in [-0.4, -0.2) is 41.1 Å². The van der Waals surface area contributed by atoms with Crippen LogP contribution >= 0.6 is 0 Å². The molecule has 2 aliphatic heterocycles. The molecule has 0 saturated carbocycles. The number of nitrogens with zero attached hydrogens (tertiary/aromatic N) is 1. The average molecular weight is 290 g/mol. The predicted molar refractivity (Wildman–Crippen MR) is 79.6 cm³/mol. The van der Waals surface area contributed by atoms with Crippen LogP contribution in [0.2, 0.25) is 0 Å². The normalized spacial score (nSPS) is 21.0. The summed E-state index contributed by atoms with van der Waals surface area (Å²) in [6, 6.07) is 1.49. The van der Waals surface area contributed by atoms with Gasteiger partial charge < -0.3 is 14.6 Å². The SMILES string of the molecule is Cc1cc(=O)c(C(=O)N2CCC3(CCCO3)CC2)c(C)[nH]1. The summed E-state index contributed by atoms with van der Waals surface area (Å²) in [5, 5.41) is 0. The standard InChI is InChI=1S/C16H22N2O3/c1-11-10-13(19)14(12(2)17-11)15(20)18-7-5-16(6-8-18)4-3-9-21-16/h10H,3-9H2,1-2H3,(H,17,19). The molecule has 1 aromatic heterocycles. The maximum Gasteiger partial charge on any atom is 0.259 e. The van der Waals surface area contributed by atoms with Crippen molar-refractivity contribution < 1.29 is 9.53 Å². The number of piperidine rings is 1. The van der Waals surface area contributed by atoms with Gasteiger partial charge in [0, 0.05) is 37.2 Å². The van der Waals surface area contributed by atoms with Crippen LogP contribution in [0.3, 0.4) is 0 Å². The summed E-state index contributed by atoms with van der Waals surface area (Å²) < 4.78 is 5.87. The van der Waals surface area contributed by atoms with Crippen LogP contribution in [-0.2, 0) is 4.74 Å². The van der Waals surface area contributed by atoms with Crippen molar-refractivity contribution in [3.05, 3.63) is 33.2 Å². The van der Waals surface area contributed by atoms with Crippen LogP contribution in [0.4, 0.5) is 0 Å². The number of aryl methyl sites for hydroxylation is 2. The highest BCUT2D eigenvalue weighted by atomic mass is 16.5.